The predicted octanol–water partition coefficient (Wildman–Crippen LogP) is 4.78. The van der Waals surface area contributed by atoms with Crippen molar-refractivity contribution < 1.29 is 27.5 Å². The second-order valence-corrected chi connectivity index (χ2v) is 10.7. The van der Waals surface area contributed by atoms with Crippen LogP contribution < -0.4 is 15.8 Å². The summed E-state index contributed by atoms with van der Waals surface area (Å²) in [5, 5.41) is 12.4. The van der Waals surface area contributed by atoms with Crippen LogP contribution in [0.2, 0.25) is 0 Å². The lowest BCUT2D eigenvalue weighted by Gasteiger charge is -2.34. The number of nitrogens with zero attached hydrogens (tertiary/aromatic N) is 6. The molecule has 44 heavy (non-hydrogen) atoms. The van der Waals surface area contributed by atoms with Gasteiger partial charge in [0.2, 0.25) is 5.91 Å². The molecule has 1 aromatic carbocycles. The van der Waals surface area contributed by atoms with Crippen molar-refractivity contribution in [3.8, 4) is 23.1 Å². The van der Waals surface area contributed by atoms with Gasteiger partial charge in [0.1, 0.15) is 46.2 Å². The van der Waals surface area contributed by atoms with E-state index in [1.54, 1.807) is 17.4 Å². The summed E-state index contributed by atoms with van der Waals surface area (Å²) < 4.78 is 47.0. The van der Waals surface area contributed by atoms with Crippen molar-refractivity contribution in [3.63, 3.8) is 0 Å². The highest BCUT2D eigenvalue weighted by molar-refractivity contribution is 6.04. The van der Waals surface area contributed by atoms with Crippen LogP contribution in [0.25, 0.3) is 16.8 Å². The summed E-state index contributed by atoms with van der Waals surface area (Å²) in [5.41, 5.74) is 6.99. The number of alkyl halides is 3. The fraction of sp³-hybridized carbons (Fsp3) is 0.333. The number of rotatable bonds is 6. The minimum absolute atomic E-state index is 0.106. The number of pyridine rings is 1. The predicted molar refractivity (Wildman–Crippen MR) is 153 cm³/mol. The number of nitrogens with one attached hydrogen (secondary N) is 1. The van der Waals surface area contributed by atoms with Crippen LogP contribution in [0.3, 0.4) is 0 Å². The number of halogens is 3. The van der Waals surface area contributed by atoms with Gasteiger partial charge >= 0.3 is 6.18 Å². The van der Waals surface area contributed by atoms with Gasteiger partial charge in [-0.25, -0.2) is 15.0 Å². The van der Waals surface area contributed by atoms with Crippen LogP contribution in [-0.2, 0) is 11.0 Å². The molecule has 5 heterocycles. The van der Waals surface area contributed by atoms with Gasteiger partial charge in [0.25, 0.3) is 5.91 Å². The number of carbonyl (C=O) groups excluding carboxylic acids is 2. The summed E-state index contributed by atoms with van der Waals surface area (Å²) in [4.78, 5) is 40.5. The van der Waals surface area contributed by atoms with E-state index in [0.717, 1.165) is 37.6 Å². The van der Waals surface area contributed by atoms with E-state index in [1.807, 2.05) is 4.90 Å². The Morgan fingerprint density at radius 2 is 2.02 bits per heavy atom. The Kier molecular flexibility index (Phi) is 7.32. The molecule has 0 saturated carbocycles. The molecular weight excluding hydrogens is 577 g/mol. The van der Waals surface area contributed by atoms with Crippen molar-refractivity contribution in [3.05, 3.63) is 65.4 Å². The second-order valence-electron chi connectivity index (χ2n) is 10.7. The number of hydrogen-bond donors (Lipinski definition) is 2. The number of nitriles is 1. The van der Waals surface area contributed by atoms with E-state index in [2.05, 4.69) is 21.4 Å². The van der Waals surface area contributed by atoms with Crippen LogP contribution in [0.15, 0.2) is 42.7 Å². The summed E-state index contributed by atoms with van der Waals surface area (Å²) in [7, 11) is 0. The van der Waals surface area contributed by atoms with Gasteiger partial charge in [0.05, 0.1) is 18.4 Å². The molecule has 6 rings (SSSR count). The highest BCUT2D eigenvalue weighted by atomic mass is 19.4. The smallest absolute Gasteiger partial charge is 0.416 e. The van der Waals surface area contributed by atoms with Crippen molar-refractivity contribution in [2.45, 2.75) is 50.7 Å². The molecule has 4 aromatic rings. The summed E-state index contributed by atoms with van der Waals surface area (Å²) in [6, 6.07) is 8.48. The number of hydrogen-bond acceptors (Lipinski definition) is 8. The number of aromatic nitrogens is 4. The van der Waals surface area contributed by atoms with Gasteiger partial charge in [0.15, 0.2) is 0 Å². The zero-order valence-electron chi connectivity index (χ0n) is 23.6. The van der Waals surface area contributed by atoms with Crippen LogP contribution >= 0.6 is 0 Å². The highest BCUT2D eigenvalue weighted by Gasteiger charge is 2.39. The molecule has 0 bridgehead atoms. The van der Waals surface area contributed by atoms with Gasteiger partial charge in [-0.1, -0.05) is 0 Å². The number of fused-ring (bicyclic) bond motifs is 2. The normalized spacial score (nSPS) is 18.2. The summed E-state index contributed by atoms with van der Waals surface area (Å²) in [6.45, 7) is 2.45. The standard InChI is InChI=1S/C30H27F3N8O3/c1-2-44-22-11-16(29(43)38-23-12-18(9-10-36-23)30(31,32)33)4-7-21(22)25-26-27(35)37-14-20(13-34)41(26)28(39-25)17-3-5-19-6-8-24(42)40(19)15-17/h4,7,9-12,14,17,19H,2-3,5-6,8,15H2,1H3,(H2,35,37)(H,36,38,43)/t17-,19+/m1/s1. The number of ether oxygens (including phenoxy) is 1. The number of piperidine rings is 1. The Balaban J connectivity index is 1.41. The summed E-state index contributed by atoms with van der Waals surface area (Å²) >= 11 is 0. The van der Waals surface area contributed by atoms with Crippen LogP contribution in [-0.4, -0.2) is 55.3 Å². The molecule has 3 N–H and O–H groups in total. The Bertz CT molecular complexity index is 1830. The molecule has 0 radical (unpaired) electrons. The maximum Gasteiger partial charge on any atom is 0.416 e. The number of imidazole rings is 1. The van der Waals surface area contributed by atoms with Gasteiger partial charge in [0, 0.05) is 42.2 Å². The lowest BCUT2D eigenvalue weighted by molar-refractivity contribution is -0.137. The summed E-state index contributed by atoms with van der Waals surface area (Å²) in [6.07, 6.45) is 0.688. The molecule has 11 nitrogen and oxygen atoms in total. The minimum Gasteiger partial charge on any atom is -0.493 e. The van der Waals surface area contributed by atoms with E-state index < -0.39 is 17.6 Å². The monoisotopic (exact) mass is 604 g/mol. The number of nitrogen functional groups attached to an aromatic ring is 1. The quantitative estimate of drug-likeness (QED) is 0.319. The third-order valence-electron chi connectivity index (χ3n) is 8.04. The highest BCUT2D eigenvalue weighted by Crippen LogP contribution is 2.41. The first kappa shape index (κ1) is 28.9. The van der Waals surface area contributed by atoms with Crippen molar-refractivity contribution in [1.82, 2.24) is 24.3 Å². The first-order valence-corrected chi connectivity index (χ1v) is 14.1. The maximum absolute atomic E-state index is 13.1. The fourth-order valence-corrected chi connectivity index (χ4v) is 5.98. The lowest BCUT2D eigenvalue weighted by Crippen LogP contribution is -2.41. The van der Waals surface area contributed by atoms with E-state index in [4.69, 9.17) is 15.5 Å². The molecule has 2 saturated heterocycles. The van der Waals surface area contributed by atoms with Crippen LogP contribution in [0.1, 0.15) is 66.0 Å². The molecule has 0 unspecified atom stereocenters. The van der Waals surface area contributed by atoms with E-state index in [1.165, 1.54) is 18.3 Å². The van der Waals surface area contributed by atoms with Crippen molar-refractivity contribution >= 4 is 29.0 Å². The molecule has 2 aliphatic heterocycles. The van der Waals surface area contributed by atoms with Gasteiger partial charge in [-0.15, -0.1) is 0 Å². The van der Waals surface area contributed by atoms with Crippen molar-refractivity contribution in [1.29, 1.82) is 5.26 Å². The average Bonchev–Trinajstić information content (AvgIpc) is 3.59. The van der Waals surface area contributed by atoms with Gasteiger partial charge in [-0.05, 0) is 56.5 Å². The molecule has 2 fully saturated rings. The van der Waals surface area contributed by atoms with Gasteiger partial charge < -0.3 is 20.7 Å². The average molecular weight is 605 g/mol. The Labute approximate surface area is 249 Å². The van der Waals surface area contributed by atoms with Gasteiger partial charge in [-0.2, -0.15) is 18.4 Å². The molecule has 226 valence electrons. The molecule has 3 aromatic heterocycles. The Morgan fingerprint density at radius 3 is 2.77 bits per heavy atom. The zero-order valence-corrected chi connectivity index (χ0v) is 23.6. The van der Waals surface area contributed by atoms with Gasteiger partial charge in [-0.3, -0.25) is 14.0 Å². The second kappa shape index (κ2) is 11.1. The number of nitrogens with two attached hydrogens (primary N) is 1. The first-order chi connectivity index (χ1) is 21.1. The molecular formula is C30H27F3N8O3. The Hall–Kier alpha value is -5.19. The van der Waals surface area contributed by atoms with E-state index in [0.29, 0.717) is 35.6 Å². The third-order valence-corrected chi connectivity index (χ3v) is 8.04. The largest absolute Gasteiger partial charge is 0.493 e. The third kappa shape index (κ3) is 5.14. The molecule has 0 aliphatic carbocycles. The van der Waals surface area contributed by atoms with E-state index >= 15 is 0 Å². The van der Waals surface area contributed by atoms with E-state index in [9.17, 15) is 28.0 Å². The maximum atomic E-state index is 13.1. The number of amides is 2. The number of anilines is 2. The minimum atomic E-state index is -4.59. The summed E-state index contributed by atoms with van der Waals surface area (Å²) in [5.74, 6) is -0.0455. The number of carbonyl (C=O) groups is 2. The molecule has 2 aliphatic rings. The number of benzene rings is 1. The molecule has 2 atom stereocenters. The van der Waals surface area contributed by atoms with Crippen LogP contribution in [0.4, 0.5) is 24.8 Å². The Morgan fingerprint density at radius 1 is 1.20 bits per heavy atom. The van der Waals surface area contributed by atoms with Crippen molar-refractivity contribution in [2.75, 3.05) is 24.2 Å². The lowest BCUT2D eigenvalue weighted by atomic mass is 9.92. The molecule has 0 spiro atoms. The van der Waals surface area contributed by atoms with Crippen LogP contribution in [0.5, 0.6) is 5.75 Å². The topological polar surface area (TPSA) is 152 Å². The van der Waals surface area contributed by atoms with E-state index in [-0.39, 0.29) is 53.1 Å². The zero-order chi connectivity index (χ0) is 31.2. The van der Waals surface area contributed by atoms with Crippen LogP contribution in [0, 0.1) is 11.3 Å². The fourth-order valence-electron chi connectivity index (χ4n) is 5.98. The first-order valence-electron chi connectivity index (χ1n) is 14.1. The molecule has 14 heteroatoms. The van der Waals surface area contributed by atoms with Crippen molar-refractivity contribution in [2.24, 2.45) is 0 Å². The SMILES string of the molecule is CCOc1cc(C(=O)Nc2cc(C(F)(F)F)ccn2)ccc1-c1nc([C@@H]2CC[C@H]3CCC(=O)N3C2)n2c(C#N)cnc(N)c12. The molecule has 2 amide bonds.